The van der Waals surface area contributed by atoms with Gasteiger partial charge in [0.25, 0.3) is 0 Å². The molecular formula is C17H13Cl2N3O. The van der Waals surface area contributed by atoms with E-state index in [4.69, 9.17) is 23.2 Å². The molecule has 2 aliphatic heterocycles. The lowest BCUT2D eigenvalue weighted by Gasteiger charge is -2.18. The lowest BCUT2D eigenvalue weighted by Crippen LogP contribution is -2.38. The Kier molecular flexibility index (Phi) is 3.51. The van der Waals surface area contributed by atoms with Crippen LogP contribution in [0.25, 0.3) is 0 Å². The summed E-state index contributed by atoms with van der Waals surface area (Å²) in [6.07, 6.45) is 0. The van der Waals surface area contributed by atoms with Crippen molar-refractivity contribution in [1.29, 1.82) is 0 Å². The zero-order valence-electron chi connectivity index (χ0n) is 12.2. The predicted molar refractivity (Wildman–Crippen MR) is 94.2 cm³/mol. The average molecular weight is 346 g/mol. The van der Waals surface area contributed by atoms with Gasteiger partial charge in [0, 0.05) is 12.1 Å². The normalized spacial score (nSPS) is 15.5. The van der Waals surface area contributed by atoms with E-state index in [9.17, 15) is 4.79 Å². The Morgan fingerprint density at radius 2 is 1.87 bits per heavy atom. The van der Waals surface area contributed by atoms with E-state index in [2.05, 4.69) is 16.0 Å². The molecule has 116 valence electrons. The molecule has 2 aliphatic rings. The second kappa shape index (κ2) is 5.55. The summed E-state index contributed by atoms with van der Waals surface area (Å²) in [7, 11) is 0. The number of ketones is 1. The SMILES string of the molecule is O=C(CN1C2=NCCN2c2ccccc21)c1ccc(Cl)c(Cl)c1. The predicted octanol–water partition coefficient (Wildman–Crippen LogP) is 3.87. The van der Waals surface area contributed by atoms with Gasteiger partial charge in [0.1, 0.15) is 0 Å². The number of anilines is 2. The third-order valence-electron chi connectivity index (χ3n) is 4.07. The zero-order valence-corrected chi connectivity index (χ0v) is 13.7. The summed E-state index contributed by atoms with van der Waals surface area (Å²) in [6.45, 7) is 1.83. The van der Waals surface area contributed by atoms with Gasteiger partial charge in [0.2, 0.25) is 5.96 Å². The fraction of sp³-hybridized carbons (Fsp3) is 0.176. The quantitative estimate of drug-likeness (QED) is 0.792. The average Bonchev–Trinajstić information content (AvgIpc) is 3.13. The van der Waals surface area contributed by atoms with Gasteiger partial charge in [-0.3, -0.25) is 9.79 Å². The number of rotatable bonds is 3. The van der Waals surface area contributed by atoms with E-state index in [-0.39, 0.29) is 12.3 Å². The largest absolute Gasteiger partial charge is 0.308 e. The Morgan fingerprint density at radius 3 is 2.65 bits per heavy atom. The smallest absolute Gasteiger partial charge is 0.206 e. The van der Waals surface area contributed by atoms with Crippen molar-refractivity contribution in [1.82, 2.24) is 0 Å². The van der Waals surface area contributed by atoms with E-state index < -0.39 is 0 Å². The number of carbonyl (C=O) groups is 1. The third-order valence-corrected chi connectivity index (χ3v) is 4.81. The van der Waals surface area contributed by atoms with Gasteiger partial charge >= 0.3 is 0 Å². The number of hydrogen-bond acceptors (Lipinski definition) is 4. The molecule has 6 heteroatoms. The van der Waals surface area contributed by atoms with E-state index in [1.807, 2.05) is 23.1 Å². The number of guanidine groups is 1. The lowest BCUT2D eigenvalue weighted by molar-refractivity contribution is 0.100. The molecule has 2 heterocycles. The number of aliphatic imine (C=N–C) groups is 1. The topological polar surface area (TPSA) is 35.9 Å². The van der Waals surface area contributed by atoms with E-state index in [1.165, 1.54) is 0 Å². The van der Waals surface area contributed by atoms with Crippen LogP contribution in [0.3, 0.4) is 0 Å². The minimum Gasteiger partial charge on any atom is -0.308 e. The molecule has 4 nitrogen and oxygen atoms in total. The van der Waals surface area contributed by atoms with Crippen molar-refractivity contribution < 1.29 is 4.79 Å². The van der Waals surface area contributed by atoms with Crippen LogP contribution in [0.4, 0.5) is 11.4 Å². The van der Waals surface area contributed by atoms with Gasteiger partial charge in [-0.2, -0.15) is 0 Å². The highest BCUT2D eigenvalue weighted by atomic mass is 35.5. The van der Waals surface area contributed by atoms with E-state index in [0.29, 0.717) is 15.6 Å². The molecule has 2 aromatic rings. The molecular weight excluding hydrogens is 333 g/mol. The highest BCUT2D eigenvalue weighted by molar-refractivity contribution is 6.42. The molecule has 0 saturated carbocycles. The standard InChI is InChI=1S/C17H13Cl2N3O/c18-12-6-5-11(9-13(12)19)16(23)10-22-15-4-2-1-3-14(15)21-8-7-20-17(21)22/h1-6,9H,7-8,10H2. The molecule has 0 aliphatic carbocycles. The van der Waals surface area contributed by atoms with Crippen LogP contribution in [-0.4, -0.2) is 31.4 Å². The Hall–Kier alpha value is -2.04. The maximum absolute atomic E-state index is 12.6. The van der Waals surface area contributed by atoms with Crippen molar-refractivity contribution in [2.45, 2.75) is 0 Å². The first-order valence-corrected chi connectivity index (χ1v) is 8.07. The molecule has 4 rings (SSSR count). The van der Waals surface area contributed by atoms with E-state index >= 15 is 0 Å². The summed E-state index contributed by atoms with van der Waals surface area (Å²) in [5.74, 6) is 0.828. The van der Waals surface area contributed by atoms with Crippen LogP contribution in [0.5, 0.6) is 0 Å². The van der Waals surface area contributed by atoms with Crippen LogP contribution in [0.2, 0.25) is 10.0 Å². The number of nitrogens with zero attached hydrogens (tertiary/aromatic N) is 3. The van der Waals surface area contributed by atoms with Gasteiger partial charge in [0.15, 0.2) is 5.78 Å². The van der Waals surface area contributed by atoms with Gasteiger partial charge < -0.3 is 9.80 Å². The summed E-state index contributed by atoms with van der Waals surface area (Å²) in [5.41, 5.74) is 2.67. The maximum atomic E-state index is 12.6. The highest BCUT2D eigenvalue weighted by Crippen LogP contribution is 2.38. The molecule has 0 radical (unpaired) electrons. The molecule has 0 aromatic heterocycles. The van der Waals surface area contributed by atoms with Crippen LogP contribution in [0, 0.1) is 0 Å². The number of benzene rings is 2. The first-order chi connectivity index (χ1) is 11.1. The van der Waals surface area contributed by atoms with Gasteiger partial charge in [0.05, 0.1) is 34.5 Å². The van der Waals surface area contributed by atoms with Crippen LogP contribution in [0.15, 0.2) is 47.5 Å². The number of halogens is 2. The van der Waals surface area contributed by atoms with Crippen molar-refractivity contribution in [3.8, 4) is 0 Å². The first-order valence-electron chi connectivity index (χ1n) is 7.32. The van der Waals surface area contributed by atoms with Gasteiger partial charge in [-0.25, -0.2) is 0 Å². The number of Topliss-reactive ketones (excluding diaryl/α,β-unsaturated/α-hetero) is 1. The van der Waals surface area contributed by atoms with Crippen LogP contribution >= 0.6 is 23.2 Å². The fourth-order valence-electron chi connectivity index (χ4n) is 2.98. The minimum atomic E-state index is -0.0187. The molecule has 0 bridgehead atoms. The van der Waals surface area contributed by atoms with Gasteiger partial charge in [-0.15, -0.1) is 0 Å². The van der Waals surface area contributed by atoms with Crippen molar-refractivity contribution in [2.24, 2.45) is 4.99 Å². The third kappa shape index (κ3) is 2.38. The summed E-state index contributed by atoms with van der Waals surface area (Å²) in [5, 5.41) is 0.834. The van der Waals surface area contributed by atoms with Gasteiger partial charge in [-0.1, -0.05) is 35.3 Å². The minimum absolute atomic E-state index is 0.0187. The van der Waals surface area contributed by atoms with Crippen molar-refractivity contribution in [3.05, 3.63) is 58.1 Å². The molecule has 23 heavy (non-hydrogen) atoms. The van der Waals surface area contributed by atoms with Crippen molar-refractivity contribution >= 4 is 46.3 Å². The molecule has 0 saturated heterocycles. The number of hydrogen-bond donors (Lipinski definition) is 0. The van der Waals surface area contributed by atoms with E-state index in [0.717, 1.165) is 30.4 Å². The summed E-state index contributed by atoms with van der Waals surface area (Å²) >= 11 is 11.9. The molecule has 0 N–H and O–H groups in total. The summed E-state index contributed by atoms with van der Waals surface area (Å²) in [4.78, 5) is 21.3. The molecule has 0 amide bonds. The highest BCUT2D eigenvalue weighted by Gasteiger charge is 2.35. The second-order valence-corrected chi connectivity index (χ2v) is 6.27. The summed E-state index contributed by atoms with van der Waals surface area (Å²) in [6, 6.07) is 13.0. The Morgan fingerprint density at radius 1 is 1.09 bits per heavy atom. The molecule has 0 atom stereocenters. The fourth-order valence-corrected chi connectivity index (χ4v) is 3.28. The maximum Gasteiger partial charge on any atom is 0.206 e. The van der Waals surface area contributed by atoms with Gasteiger partial charge in [-0.05, 0) is 30.3 Å². The van der Waals surface area contributed by atoms with Crippen molar-refractivity contribution in [2.75, 3.05) is 29.4 Å². The first kappa shape index (κ1) is 14.5. The van der Waals surface area contributed by atoms with E-state index in [1.54, 1.807) is 18.2 Å². The summed E-state index contributed by atoms with van der Waals surface area (Å²) < 4.78 is 0. The number of fused-ring (bicyclic) bond motifs is 3. The molecule has 0 fully saturated rings. The molecule has 0 unspecified atom stereocenters. The Bertz CT molecular complexity index is 834. The second-order valence-electron chi connectivity index (χ2n) is 5.46. The lowest BCUT2D eigenvalue weighted by atomic mass is 10.1. The molecule has 0 spiro atoms. The molecule has 2 aromatic carbocycles. The number of carbonyl (C=O) groups excluding carboxylic acids is 1. The Balaban J connectivity index is 1.65. The van der Waals surface area contributed by atoms with Crippen molar-refractivity contribution in [3.63, 3.8) is 0 Å². The number of para-hydroxylation sites is 2. The van der Waals surface area contributed by atoms with Crippen LogP contribution in [-0.2, 0) is 0 Å². The van der Waals surface area contributed by atoms with Crippen LogP contribution in [0.1, 0.15) is 10.4 Å². The Labute approximate surface area is 143 Å². The van der Waals surface area contributed by atoms with Crippen LogP contribution < -0.4 is 9.80 Å². The zero-order chi connectivity index (χ0) is 16.0. The monoisotopic (exact) mass is 345 g/mol.